The molecule has 92 valence electrons. The van der Waals surface area contributed by atoms with Crippen LogP contribution >= 0.6 is 24.0 Å². The van der Waals surface area contributed by atoms with Crippen LogP contribution in [0.5, 0.6) is 5.75 Å². The van der Waals surface area contributed by atoms with E-state index in [0.717, 1.165) is 35.8 Å². The van der Waals surface area contributed by atoms with E-state index in [0.29, 0.717) is 0 Å². The second-order valence-electron chi connectivity index (χ2n) is 3.78. The smallest absolute Gasteiger partial charge is 0.122 e. The van der Waals surface area contributed by atoms with E-state index in [-0.39, 0.29) is 18.4 Å². The fourth-order valence-electron chi connectivity index (χ4n) is 1.41. The Bertz CT molecular complexity index is 316. The number of halogens is 2. The summed E-state index contributed by atoms with van der Waals surface area (Å²) < 4.78 is 5.63. The first-order valence-corrected chi connectivity index (χ1v) is 5.68. The van der Waals surface area contributed by atoms with Gasteiger partial charge in [-0.15, -0.1) is 12.4 Å². The van der Waals surface area contributed by atoms with E-state index in [1.807, 2.05) is 25.1 Å². The molecule has 0 spiro atoms. The first kappa shape index (κ1) is 15.6. The first-order chi connectivity index (χ1) is 7.13. The molecule has 16 heavy (non-hydrogen) atoms. The van der Waals surface area contributed by atoms with Gasteiger partial charge in [-0.05, 0) is 43.5 Å². The Labute approximate surface area is 109 Å². The topological polar surface area (TPSA) is 35.2 Å². The summed E-state index contributed by atoms with van der Waals surface area (Å²) >= 11 is 5.94. The number of nitrogens with two attached hydrogens (primary N) is 1. The van der Waals surface area contributed by atoms with E-state index in [1.54, 1.807) is 0 Å². The average molecular weight is 264 g/mol. The van der Waals surface area contributed by atoms with Crippen molar-refractivity contribution in [3.05, 3.63) is 28.8 Å². The average Bonchev–Trinajstić information content (AvgIpc) is 2.16. The van der Waals surface area contributed by atoms with Crippen molar-refractivity contribution in [2.75, 3.05) is 6.61 Å². The van der Waals surface area contributed by atoms with Crippen molar-refractivity contribution in [3.8, 4) is 5.75 Å². The van der Waals surface area contributed by atoms with Crippen LogP contribution in [0, 0.1) is 0 Å². The Morgan fingerprint density at radius 3 is 2.69 bits per heavy atom. The maximum atomic E-state index is 5.94. The quantitative estimate of drug-likeness (QED) is 0.884. The second-order valence-corrected chi connectivity index (χ2v) is 4.22. The van der Waals surface area contributed by atoms with Crippen LogP contribution in [0.15, 0.2) is 18.2 Å². The minimum atomic E-state index is 0. The Morgan fingerprint density at radius 2 is 2.12 bits per heavy atom. The molecule has 1 aromatic rings. The predicted molar refractivity (Wildman–Crippen MR) is 71.8 cm³/mol. The van der Waals surface area contributed by atoms with Gasteiger partial charge in [0.15, 0.2) is 0 Å². The van der Waals surface area contributed by atoms with Gasteiger partial charge in [-0.3, -0.25) is 0 Å². The Kier molecular flexibility index (Phi) is 7.56. The van der Waals surface area contributed by atoms with E-state index in [1.165, 1.54) is 0 Å². The summed E-state index contributed by atoms with van der Waals surface area (Å²) in [4.78, 5) is 0. The third kappa shape index (κ3) is 5.06. The van der Waals surface area contributed by atoms with Crippen molar-refractivity contribution in [2.45, 2.75) is 32.7 Å². The molecule has 1 aromatic carbocycles. The van der Waals surface area contributed by atoms with Gasteiger partial charge in [0.2, 0.25) is 0 Å². The Hall–Kier alpha value is -0.440. The number of benzene rings is 1. The Balaban J connectivity index is 0.00000225. The van der Waals surface area contributed by atoms with E-state index in [9.17, 15) is 0 Å². The lowest BCUT2D eigenvalue weighted by Crippen LogP contribution is -2.18. The lowest BCUT2D eigenvalue weighted by molar-refractivity contribution is 0.313. The van der Waals surface area contributed by atoms with Crippen LogP contribution in [-0.4, -0.2) is 12.6 Å². The molecule has 0 radical (unpaired) electrons. The normalized spacial score (nSPS) is 11.8. The summed E-state index contributed by atoms with van der Waals surface area (Å²) in [5.74, 6) is 0.901. The molecule has 0 amide bonds. The van der Waals surface area contributed by atoms with Gasteiger partial charge in [-0.2, -0.15) is 0 Å². The van der Waals surface area contributed by atoms with Gasteiger partial charge in [-0.1, -0.05) is 18.5 Å². The molecule has 0 saturated carbocycles. The summed E-state index contributed by atoms with van der Waals surface area (Å²) in [7, 11) is 0. The molecule has 0 bridgehead atoms. The summed E-state index contributed by atoms with van der Waals surface area (Å²) in [6, 6.07) is 5.80. The standard InChI is InChI=1S/C12H18ClNO.ClH/c1-3-6-15-12-5-4-11(13)8-10(12)7-9(2)14;/h4-5,8-9H,3,6-7,14H2,1-2H3;1H. The van der Waals surface area contributed by atoms with Crippen LogP contribution in [0.3, 0.4) is 0 Å². The number of hydrogen-bond acceptors (Lipinski definition) is 2. The van der Waals surface area contributed by atoms with Gasteiger partial charge in [0.25, 0.3) is 0 Å². The van der Waals surface area contributed by atoms with Gasteiger partial charge >= 0.3 is 0 Å². The molecule has 2 N–H and O–H groups in total. The minimum absolute atomic E-state index is 0. The summed E-state index contributed by atoms with van der Waals surface area (Å²) in [6.07, 6.45) is 1.79. The summed E-state index contributed by atoms with van der Waals surface area (Å²) in [5, 5.41) is 0.731. The van der Waals surface area contributed by atoms with E-state index in [2.05, 4.69) is 6.92 Å². The van der Waals surface area contributed by atoms with Gasteiger partial charge in [0, 0.05) is 11.1 Å². The largest absolute Gasteiger partial charge is 0.493 e. The highest BCUT2D eigenvalue weighted by Gasteiger charge is 2.06. The van der Waals surface area contributed by atoms with Gasteiger partial charge in [-0.25, -0.2) is 0 Å². The third-order valence-corrected chi connectivity index (χ3v) is 2.26. The molecule has 0 aliphatic heterocycles. The first-order valence-electron chi connectivity index (χ1n) is 5.30. The van der Waals surface area contributed by atoms with Crippen molar-refractivity contribution < 1.29 is 4.74 Å². The lowest BCUT2D eigenvalue weighted by Gasteiger charge is -2.12. The van der Waals surface area contributed by atoms with Crippen molar-refractivity contribution >= 4 is 24.0 Å². The van der Waals surface area contributed by atoms with Crippen LogP contribution in [0.4, 0.5) is 0 Å². The molecule has 0 aliphatic carbocycles. The third-order valence-electron chi connectivity index (χ3n) is 2.03. The highest BCUT2D eigenvalue weighted by molar-refractivity contribution is 6.30. The fraction of sp³-hybridized carbons (Fsp3) is 0.500. The van der Waals surface area contributed by atoms with Crippen LogP contribution in [-0.2, 0) is 6.42 Å². The summed E-state index contributed by atoms with van der Waals surface area (Å²) in [5.41, 5.74) is 6.86. The maximum absolute atomic E-state index is 5.94. The zero-order valence-corrected chi connectivity index (χ0v) is 11.3. The van der Waals surface area contributed by atoms with Crippen molar-refractivity contribution in [3.63, 3.8) is 0 Å². The molecule has 4 heteroatoms. The predicted octanol–water partition coefficient (Wildman–Crippen LogP) is 3.44. The molecule has 2 nitrogen and oxygen atoms in total. The zero-order valence-electron chi connectivity index (χ0n) is 9.70. The van der Waals surface area contributed by atoms with Crippen LogP contribution < -0.4 is 10.5 Å². The molecule has 0 aliphatic rings. The molecule has 0 aromatic heterocycles. The van der Waals surface area contributed by atoms with Gasteiger partial charge < -0.3 is 10.5 Å². The van der Waals surface area contributed by atoms with Gasteiger partial charge in [0.05, 0.1) is 6.61 Å². The summed E-state index contributed by atoms with van der Waals surface area (Å²) in [6.45, 7) is 4.79. The van der Waals surface area contributed by atoms with Crippen LogP contribution in [0.1, 0.15) is 25.8 Å². The molecule has 1 rings (SSSR count). The zero-order chi connectivity index (χ0) is 11.3. The second kappa shape index (κ2) is 7.77. The molecular weight excluding hydrogens is 245 g/mol. The highest BCUT2D eigenvalue weighted by Crippen LogP contribution is 2.24. The highest BCUT2D eigenvalue weighted by atomic mass is 35.5. The van der Waals surface area contributed by atoms with Crippen LogP contribution in [0.2, 0.25) is 5.02 Å². The molecule has 0 heterocycles. The number of rotatable bonds is 5. The van der Waals surface area contributed by atoms with E-state index >= 15 is 0 Å². The fourth-order valence-corrected chi connectivity index (χ4v) is 1.60. The van der Waals surface area contributed by atoms with Crippen molar-refractivity contribution in [2.24, 2.45) is 5.73 Å². The lowest BCUT2D eigenvalue weighted by atomic mass is 10.1. The molecule has 0 fully saturated rings. The van der Waals surface area contributed by atoms with Gasteiger partial charge in [0.1, 0.15) is 5.75 Å². The van der Waals surface area contributed by atoms with Crippen molar-refractivity contribution in [1.82, 2.24) is 0 Å². The minimum Gasteiger partial charge on any atom is -0.493 e. The van der Waals surface area contributed by atoms with E-state index in [4.69, 9.17) is 22.1 Å². The van der Waals surface area contributed by atoms with Crippen molar-refractivity contribution in [1.29, 1.82) is 0 Å². The SMILES string of the molecule is CCCOc1ccc(Cl)cc1CC(C)N.Cl. The molecule has 1 unspecified atom stereocenters. The number of hydrogen-bond donors (Lipinski definition) is 1. The Morgan fingerprint density at radius 1 is 1.44 bits per heavy atom. The number of ether oxygens (including phenoxy) is 1. The van der Waals surface area contributed by atoms with Crippen LogP contribution in [0.25, 0.3) is 0 Å². The monoisotopic (exact) mass is 263 g/mol. The maximum Gasteiger partial charge on any atom is 0.122 e. The van der Waals surface area contributed by atoms with E-state index < -0.39 is 0 Å². The molecule has 0 saturated heterocycles. The molecule has 1 atom stereocenters. The molecular formula is C12H19Cl2NO.